The zero-order chi connectivity index (χ0) is 11.0. The number of rotatable bonds is 3. The van der Waals surface area contributed by atoms with Gasteiger partial charge in [-0.05, 0) is 0 Å². The molecule has 6 heteroatoms. The maximum Gasteiger partial charge on any atom is 0.234 e. The van der Waals surface area contributed by atoms with Crippen molar-refractivity contribution in [3.63, 3.8) is 0 Å². The zero-order valence-electron chi connectivity index (χ0n) is 9.14. The van der Waals surface area contributed by atoms with Gasteiger partial charge in [-0.25, -0.2) is 0 Å². The molecule has 15 heavy (non-hydrogen) atoms. The number of hydrogen-bond acceptors (Lipinski definition) is 5. The van der Waals surface area contributed by atoms with Gasteiger partial charge in [0, 0.05) is 18.4 Å². The summed E-state index contributed by atoms with van der Waals surface area (Å²) in [5.41, 5.74) is 5.61. The van der Waals surface area contributed by atoms with Crippen molar-refractivity contribution in [2.45, 2.75) is 32.6 Å². The summed E-state index contributed by atoms with van der Waals surface area (Å²) in [4.78, 5) is 0.856. The van der Waals surface area contributed by atoms with Gasteiger partial charge >= 0.3 is 0 Å². The fourth-order valence-corrected chi connectivity index (χ4v) is 2.22. The van der Waals surface area contributed by atoms with Crippen LogP contribution in [0.2, 0.25) is 0 Å². The van der Waals surface area contributed by atoms with E-state index >= 15 is 0 Å². The van der Waals surface area contributed by atoms with Crippen molar-refractivity contribution >= 4 is 16.3 Å². The first kappa shape index (κ1) is 10.5. The minimum atomic E-state index is 0.289. The summed E-state index contributed by atoms with van der Waals surface area (Å²) in [6.07, 6.45) is 0. The molecular formula is C9H15N5S. The molecule has 1 atom stereocenters. The van der Waals surface area contributed by atoms with E-state index in [1.807, 2.05) is 4.52 Å². The van der Waals surface area contributed by atoms with Gasteiger partial charge in [0.1, 0.15) is 5.01 Å². The average molecular weight is 225 g/mol. The van der Waals surface area contributed by atoms with E-state index in [1.165, 1.54) is 0 Å². The number of nitrogens with zero attached hydrogens (tertiary/aromatic N) is 4. The molecular weight excluding hydrogens is 210 g/mol. The van der Waals surface area contributed by atoms with Crippen molar-refractivity contribution in [3.8, 4) is 0 Å². The van der Waals surface area contributed by atoms with Crippen LogP contribution >= 0.6 is 11.3 Å². The maximum absolute atomic E-state index is 5.61. The third-order valence-corrected chi connectivity index (χ3v) is 3.45. The van der Waals surface area contributed by atoms with Gasteiger partial charge in [0.25, 0.3) is 0 Å². The van der Waals surface area contributed by atoms with E-state index in [-0.39, 0.29) is 5.92 Å². The Morgan fingerprint density at radius 3 is 2.67 bits per heavy atom. The molecule has 2 aromatic rings. The SMILES string of the molecule is CC(C)c1nnc2sc(C(C)CN)nn12. The summed E-state index contributed by atoms with van der Waals surface area (Å²) in [6.45, 7) is 6.85. The number of fused-ring (bicyclic) bond motifs is 1. The molecule has 0 fully saturated rings. The van der Waals surface area contributed by atoms with E-state index in [1.54, 1.807) is 11.3 Å². The van der Waals surface area contributed by atoms with Crippen LogP contribution in [0.25, 0.3) is 4.96 Å². The highest BCUT2D eigenvalue weighted by molar-refractivity contribution is 7.16. The molecule has 1 unspecified atom stereocenters. The fourth-order valence-electron chi connectivity index (χ4n) is 1.31. The minimum Gasteiger partial charge on any atom is -0.330 e. The van der Waals surface area contributed by atoms with Gasteiger partial charge in [0.05, 0.1) is 0 Å². The largest absolute Gasteiger partial charge is 0.330 e. The molecule has 0 saturated carbocycles. The second-order valence-corrected chi connectivity index (χ2v) is 4.97. The van der Waals surface area contributed by atoms with Crippen molar-refractivity contribution in [2.24, 2.45) is 5.73 Å². The third-order valence-electron chi connectivity index (χ3n) is 2.32. The predicted octanol–water partition coefficient (Wildman–Crippen LogP) is 1.37. The summed E-state index contributed by atoms with van der Waals surface area (Å²) in [5, 5.41) is 13.7. The van der Waals surface area contributed by atoms with E-state index in [9.17, 15) is 0 Å². The first-order valence-electron chi connectivity index (χ1n) is 5.05. The van der Waals surface area contributed by atoms with Crippen molar-refractivity contribution < 1.29 is 0 Å². The topological polar surface area (TPSA) is 69.1 Å². The van der Waals surface area contributed by atoms with Crippen LogP contribution in [-0.4, -0.2) is 26.4 Å². The number of hydrogen-bond donors (Lipinski definition) is 1. The number of aromatic nitrogens is 4. The lowest BCUT2D eigenvalue weighted by molar-refractivity contribution is 0.692. The van der Waals surface area contributed by atoms with E-state index < -0.39 is 0 Å². The Morgan fingerprint density at radius 2 is 2.07 bits per heavy atom. The standard InChI is InChI=1S/C9H15N5S/c1-5(2)7-11-12-9-14(7)13-8(15-9)6(3)4-10/h5-6H,4,10H2,1-3H3. The molecule has 2 heterocycles. The number of nitrogens with two attached hydrogens (primary N) is 1. The highest BCUT2D eigenvalue weighted by atomic mass is 32.1. The molecule has 0 bridgehead atoms. The van der Waals surface area contributed by atoms with Gasteiger partial charge in [0.15, 0.2) is 5.82 Å². The molecule has 0 aliphatic carbocycles. The first-order valence-corrected chi connectivity index (χ1v) is 5.87. The van der Waals surface area contributed by atoms with Crippen molar-refractivity contribution in [1.82, 2.24) is 19.8 Å². The minimum absolute atomic E-state index is 0.289. The van der Waals surface area contributed by atoms with Crippen LogP contribution in [0.4, 0.5) is 0 Å². The summed E-state index contributed by atoms with van der Waals surface area (Å²) in [7, 11) is 0. The molecule has 0 aliphatic heterocycles. The Hall–Kier alpha value is -1.01. The lowest BCUT2D eigenvalue weighted by atomic mass is 10.2. The molecule has 5 nitrogen and oxygen atoms in total. The summed E-state index contributed by atoms with van der Waals surface area (Å²) in [5.74, 6) is 1.54. The van der Waals surface area contributed by atoms with Crippen molar-refractivity contribution in [2.75, 3.05) is 6.54 Å². The molecule has 0 radical (unpaired) electrons. The van der Waals surface area contributed by atoms with Gasteiger partial charge in [-0.15, -0.1) is 10.2 Å². The van der Waals surface area contributed by atoms with Crippen LogP contribution < -0.4 is 5.73 Å². The Labute approximate surface area is 92.3 Å². The van der Waals surface area contributed by atoms with Crippen LogP contribution in [-0.2, 0) is 0 Å². The lowest BCUT2D eigenvalue weighted by Crippen LogP contribution is -2.09. The molecule has 82 valence electrons. The van der Waals surface area contributed by atoms with Crippen molar-refractivity contribution in [3.05, 3.63) is 10.8 Å². The van der Waals surface area contributed by atoms with Gasteiger partial charge in [-0.1, -0.05) is 32.1 Å². The maximum atomic E-state index is 5.61. The van der Waals surface area contributed by atoms with Crippen LogP contribution in [0, 0.1) is 0 Å². The molecule has 2 rings (SSSR count). The van der Waals surface area contributed by atoms with Gasteiger partial charge in [0.2, 0.25) is 4.96 Å². The quantitative estimate of drug-likeness (QED) is 0.856. The van der Waals surface area contributed by atoms with Gasteiger partial charge < -0.3 is 5.73 Å². The predicted molar refractivity (Wildman–Crippen MR) is 60.2 cm³/mol. The van der Waals surface area contributed by atoms with E-state index in [0.717, 1.165) is 15.8 Å². The molecule has 0 spiro atoms. The molecule has 0 aliphatic rings. The third kappa shape index (κ3) is 1.74. The summed E-state index contributed by atoms with van der Waals surface area (Å²) in [6, 6.07) is 0. The summed E-state index contributed by atoms with van der Waals surface area (Å²) < 4.78 is 1.83. The molecule has 2 N–H and O–H groups in total. The fraction of sp³-hybridized carbons (Fsp3) is 0.667. The normalized spacial score (nSPS) is 13.9. The highest BCUT2D eigenvalue weighted by Crippen LogP contribution is 2.23. The second-order valence-electron chi connectivity index (χ2n) is 3.98. The first-order chi connectivity index (χ1) is 7.13. The Morgan fingerprint density at radius 1 is 1.33 bits per heavy atom. The Bertz CT molecular complexity index is 458. The average Bonchev–Trinajstić information content (AvgIpc) is 2.73. The van der Waals surface area contributed by atoms with E-state index in [0.29, 0.717) is 12.5 Å². The van der Waals surface area contributed by atoms with Gasteiger partial charge in [-0.2, -0.15) is 9.61 Å². The van der Waals surface area contributed by atoms with Crippen LogP contribution in [0.5, 0.6) is 0 Å². The smallest absolute Gasteiger partial charge is 0.234 e. The van der Waals surface area contributed by atoms with Crippen molar-refractivity contribution in [1.29, 1.82) is 0 Å². The summed E-state index contributed by atoms with van der Waals surface area (Å²) >= 11 is 1.57. The molecule has 0 aromatic carbocycles. The van der Waals surface area contributed by atoms with E-state index in [4.69, 9.17) is 5.73 Å². The van der Waals surface area contributed by atoms with Crippen LogP contribution in [0.15, 0.2) is 0 Å². The molecule has 2 aromatic heterocycles. The highest BCUT2D eigenvalue weighted by Gasteiger charge is 2.16. The lowest BCUT2D eigenvalue weighted by Gasteiger charge is -2.01. The zero-order valence-corrected chi connectivity index (χ0v) is 9.95. The van der Waals surface area contributed by atoms with Gasteiger partial charge in [-0.3, -0.25) is 0 Å². The van der Waals surface area contributed by atoms with Crippen LogP contribution in [0.3, 0.4) is 0 Å². The monoisotopic (exact) mass is 225 g/mol. The van der Waals surface area contributed by atoms with E-state index in [2.05, 4.69) is 36.1 Å². The molecule has 0 amide bonds. The Balaban J connectivity index is 2.47. The van der Waals surface area contributed by atoms with Crippen LogP contribution in [0.1, 0.15) is 43.4 Å². The molecule has 0 saturated heterocycles. The second kappa shape index (κ2) is 3.86. The Kier molecular flexibility index (Phi) is 2.70.